The predicted molar refractivity (Wildman–Crippen MR) is 37.4 cm³/mol. The van der Waals surface area contributed by atoms with Crippen LogP contribution in [0.4, 0.5) is 0 Å². The fourth-order valence-electron chi connectivity index (χ4n) is 0.729. The lowest BCUT2D eigenvalue weighted by Crippen LogP contribution is -2.18. The van der Waals surface area contributed by atoms with Crippen LogP contribution in [0.25, 0.3) is 0 Å². The summed E-state index contributed by atoms with van der Waals surface area (Å²) >= 11 is 0. The van der Waals surface area contributed by atoms with Crippen molar-refractivity contribution < 1.29 is 9.15 Å². The summed E-state index contributed by atoms with van der Waals surface area (Å²) in [4.78, 5) is 10.8. The zero-order chi connectivity index (χ0) is 8.27. The summed E-state index contributed by atoms with van der Waals surface area (Å²) in [5.74, 6) is -0.0503. The Hall–Kier alpha value is -1.10. The van der Waals surface area contributed by atoms with E-state index in [1.807, 2.05) is 0 Å². The van der Waals surface area contributed by atoms with Crippen LogP contribution in [0, 0.1) is 6.92 Å². The van der Waals surface area contributed by atoms with Gasteiger partial charge in [0, 0.05) is 14.0 Å². The molecule has 0 amide bonds. The van der Waals surface area contributed by atoms with Crippen LogP contribution in [-0.4, -0.2) is 23.5 Å². The van der Waals surface area contributed by atoms with Crippen molar-refractivity contribution in [2.75, 3.05) is 13.7 Å². The quantitative estimate of drug-likeness (QED) is 0.610. The van der Waals surface area contributed by atoms with Gasteiger partial charge in [0.2, 0.25) is 5.89 Å². The highest BCUT2D eigenvalue weighted by Gasteiger charge is 2.01. The van der Waals surface area contributed by atoms with Gasteiger partial charge in [0.25, 0.3) is 0 Å². The van der Waals surface area contributed by atoms with Crippen LogP contribution in [-0.2, 0) is 11.3 Å². The Morgan fingerprint density at radius 2 is 2.45 bits per heavy atom. The van der Waals surface area contributed by atoms with Gasteiger partial charge in [-0.3, -0.25) is 0 Å². The molecule has 1 aromatic rings. The number of methoxy groups -OCH3 is 1. The number of aromatic nitrogens is 2. The van der Waals surface area contributed by atoms with Crippen LogP contribution in [0.5, 0.6) is 0 Å². The number of aryl methyl sites for hydroxylation is 1. The Bertz CT molecular complexity index is 276. The van der Waals surface area contributed by atoms with Crippen LogP contribution in [0.2, 0.25) is 0 Å². The van der Waals surface area contributed by atoms with Gasteiger partial charge < -0.3 is 9.15 Å². The van der Waals surface area contributed by atoms with Crippen LogP contribution in [0.3, 0.4) is 0 Å². The standard InChI is InChI=1S/C6H10N2O3/c1-5-7-8(3-4-10-2)6(9)11-5/h3-4H2,1-2H3. The first-order valence-electron chi connectivity index (χ1n) is 3.27. The summed E-state index contributed by atoms with van der Waals surface area (Å²) in [6.45, 7) is 2.53. The minimum Gasteiger partial charge on any atom is -0.393 e. The Kier molecular flexibility index (Phi) is 2.43. The lowest BCUT2D eigenvalue weighted by Gasteiger charge is -1.94. The average Bonchev–Trinajstić information content (AvgIpc) is 2.26. The van der Waals surface area contributed by atoms with Gasteiger partial charge >= 0.3 is 5.76 Å². The van der Waals surface area contributed by atoms with E-state index >= 15 is 0 Å². The SMILES string of the molecule is COCCn1nc(C)oc1=O. The maximum atomic E-state index is 10.8. The van der Waals surface area contributed by atoms with E-state index in [4.69, 9.17) is 4.74 Å². The van der Waals surface area contributed by atoms with Crippen LogP contribution < -0.4 is 5.76 Å². The third-order valence-corrected chi connectivity index (χ3v) is 1.21. The van der Waals surface area contributed by atoms with Crippen LogP contribution >= 0.6 is 0 Å². The summed E-state index contributed by atoms with van der Waals surface area (Å²) in [6.07, 6.45) is 0. The fourth-order valence-corrected chi connectivity index (χ4v) is 0.729. The second-order valence-corrected chi connectivity index (χ2v) is 2.10. The number of hydrogen-bond donors (Lipinski definition) is 0. The minimum atomic E-state index is -0.431. The van der Waals surface area contributed by atoms with E-state index in [0.717, 1.165) is 0 Å². The van der Waals surface area contributed by atoms with Crippen molar-refractivity contribution >= 4 is 0 Å². The molecule has 0 aliphatic carbocycles. The van der Waals surface area contributed by atoms with Crippen molar-refractivity contribution in [1.29, 1.82) is 0 Å². The van der Waals surface area contributed by atoms with Gasteiger partial charge in [-0.15, -0.1) is 5.10 Å². The summed E-state index contributed by atoms with van der Waals surface area (Å²) in [6, 6.07) is 0. The van der Waals surface area contributed by atoms with Gasteiger partial charge in [-0.05, 0) is 0 Å². The molecule has 0 saturated heterocycles. The van der Waals surface area contributed by atoms with Gasteiger partial charge in [-0.25, -0.2) is 4.79 Å². The lowest BCUT2D eigenvalue weighted by molar-refractivity contribution is 0.181. The fraction of sp³-hybridized carbons (Fsp3) is 0.667. The molecule has 0 unspecified atom stereocenters. The molecule has 5 heteroatoms. The molecule has 1 aromatic heterocycles. The second-order valence-electron chi connectivity index (χ2n) is 2.10. The second kappa shape index (κ2) is 3.34. The van der Waals surface area contributed by atoms with Crippen LogP contribution in [0.15, 0.2) is 9.21 Å². The molecular weight excluding hydrogens is 148 g/mol. The topological polar surface area (TPSA) is 57.3 Å². The summed E-state index contributed by atoms with van der Waals surface area (Å²) in [7, 11) is 1.57. The van der Waals surface area contributed by atoms with E-state index in [-0.39, 0.29) is 0 Å². The van der Waals surface area contributed by atoms with E-state index in [1.54, 1.807) is 14.0 Å². The molecule has 0 atom stereocenters. The first-order chi connectivity index (χ1) is 5.24. The molecule has 0 aromatic carbocycles. The van der Waals surface area contributed by atoms with E-state index in [1.165, 1.54) is 4.68 Å². The zero-order valence-corrected chi connectivity index (χ0v) is 6.53. The smallest absolute Gasteiger partial charge is 0.393 e. The molecular formula is C6H10N2O3. The number of nitrogens with zero attached hydrogens (tertiary/aromatic N) is 2. The van der Waals surface area contributed by atoms with Gasteiger partial charge in [-0.2, -0.15) is 4.68 Å². The largest absolute Gasteiger partial charge is 0.437 e. The maximum absolute atomic E-state index is 10.8. The Morgan fingerprint density at radius 3 is 2.91 bits per heavy atom. The zero-order valence-electron chi connectivity index (χ0n) is 6.53. The summed E-state index contributed by atoms with van der Waals surface area (Å²) in [5, 5.41) is 3.81. The third kappa shape index (κ3) is 1.91. The van der Waals surface area contributed by atoms with Crippen molar-refractivity contribution in [1.82, 2.24) is 9.78 Å². The van der Waals surface area contributed by atoms with Gasteiger partial charge in [-0.1, -0.05) is 0 Å². The van der Waals surface area contributed by atoms with Crippen molar-refractivity contribution in [2.45, 2.75) is 13.5 Å². The Labute approximate surface area is 63.6 Å². The summed E-state index contributed by atoms with van der Waals surface area (Å²) < 4.78 is 10.7. The average molecular weight is 158 g/mol. The third-order valence-electron chi connectivity index (χ3n) is 1.21. The Morgan fingerprint density at radius 1 is 1.73 bits per heavy atom. The Balaban J connectivity index is 2.70. The van der Waals surface area contributed by atoms with Gasteiger partial charge in [0.15, 0.2) is 0 Å². The molecule has 0 aliphatic heterocycles. The van der Waals surface area contributed by atoms with E-state index in [9.17, 15) is 4.79 Å². The van der Waals surface area contributed by atoms with E-state index in [0.29, 0.717) is 19.0 Å². The molecule has 5 nitrogen and oxygen atoms in total. The first-order valence-corrected chi connectivity index (χ1v) is 3.27. The highest BCUT2D eigenvalue weighted by atomic mass is 16.5. The molecule has 11 heavy (non-hydrogen) atoms. The molecule has 0 bridgehead atoms. The number of ether oxygens (including phenoxy) is 1. The molecule has 0 fully saturated rings. The minimum absolute atomic E-state index is 0.381. The predicted octanol–water partition coefficient (Wildman–Crippen LogP) is -0.209. The highest BCUT2D eigenvalue weighted by Crippen LogP contribution is 1.85. The maximum Gasteiger partial charge on any atom is 0.437 e. The van der Waals surface area contributed by atoms with Crippen LogP contribution in [0.1, 0.15) is 5.89 Å². The molecule has 0 radical (unpaired) electrons. The normalized spacial score (nSPS) is 10.4. The van der Waals surface area contributed by atoms with Crippen molar-refractivity contribution in [3.8, 4) is 0 Å². The monoisotopic (exact) mass is 158 g/mol. The highest BCUT2D eigenvalue weighted by molar-refractivity contribution is 4.66. The molecule has 62 valence electrons. The number of hydrogen-bond acceptors (Lipinski definition) is 4. The van der Waals surface area contributed by atoms with Gasteiger partial charge in [0.1, 0.15) is 0 Å². The molecule has 0 saturated carbocycles. The number of rotatable bonds is 3. The van der Waals surface area contributed by atoms with E-state index < -0.39 is 5.76 Å². The molecule has 0 aliphatic rings. The van der Waals surface area contributed by atoms with Crippen molar-refractivity contribution in [3.05, 3.63) is 16.4 Å². The molecule has 1 heterocycles. The first kappa shape index (κ1) is 8.00. The molecule has 0 spiro atoms. The van der Waals surface area contributed by atoms with Gasteiger partial charge in [0.05, 0.1) is 13.2 Å². The molecule has 0 N–H and O–H groups in total. The summed E-state index contributed by atoms with van der Waals surface area (Å²) in [5.41, 5.74) is 0. The lowest BCUT2D eigenvalue weighted by atomic mass is 10.7. The van der Waals surface area contributed by atoms with Crippen molar-refractivity contribution in [3.63, 3.8) is 0 Å². The van der Waals surface area contributed by atoms with Crippen molar-refractivity contribution in [2.24, 2.45) is 0 Å². The molecule has 1 rings (SSSR count). The van der Waals surface area contributed by atoms with E-state index in [2.05, 4.69) is 9.52 Å².